The van der Waals surface area contributed by atoms with E-state index in [0.717, 1.165) is 16.8 Å². The summed E-state index contributed by atoms with van der Waals surface area (Å²) in [7, 11) is 0. The maximum Gasteiger partial charge on any atom is 0.409 e. The maximum absolute atomic E-state index is 12.8. The fourth-order valence-corrected chi connectivity index (χ4v) is 3.15. The first-order valence-corrected chi connectivity index (χ1v) is 9.36. The summed E-state index contributed by atoms with van der Waals surface area (Å²) in [6.45, 7) is 7.94. The molecule has 28 heavy (non-hydrogen) atoms. The molecular formula is C20H25N5O3. The van der Waals surface area contributed by atoms with E-state index in [0.29, 0.717) is 44.3 Å². The smallest absolute Gasteiger partial charge is 0.409 e. The Morgan fingerprint density at radius 2 is 1.71 bits per heavy atom. The molecule has 2 aromatic rings. The van der Waals surface area contributed by atoms with Gasteiger partial charge in [-0.15, -0.1) is 0 Å². The van der Waals surface area contributed by atoms with Gasteiger partial charge >= 0.3 is 6.09 Å². The zero-order valence-electron chi connectivity index (χ0n) is 16.4. The second kappa shape index (κ2) is 8.69. The van der Waals surface area contributed by atoms with Gasteiger partial charge in [0.2, 0.25) is 0 Å². The molecule has 0 bridgehead atoms. The molecular weight excluding hydrogens is 358 g/mol. The van der Waals surface area contributed by atoms with Crippen molar-refractivity contribution in [2.24, 2.45) is 0 Å². The summed E-state index contributed by atoms with van der Waals surface area (Å²) in [6, 6.07) is 7.70. The highest BCUT2D eigenvalue weighted by molar-refractivity contribution is 5.93. The van der Waals surface area contributed by atoms with Gasteiger partial charge in [0.05, 0.1) is 6.61 Å². The number of rotatable bonds is 4. The number of hydrogen-bond donors (Lipinski definition) is 1. The van der Waals surface area contributed by atoms with Crippen LogP contribution in [0.3, 0.4) is 0 Å². The van der Waals surface area contributed by atoms with Gasteiger partial charge in [-0.1, -0.05) is 18.2 Å². The average molecular weight is 383 g/mol. The molecule has 0 unspecified atom stereocenters. The molecule has 1 saturated heterocycles. The lowest BCUT2D eigenvalue weighted by atomic mass is 10.1. The highest BCUT2D eigenvalue weighted by atomic mass is 16.6. The van der Waals surface area contributed by atoms with Crippen molar-refractivity contribution in [1.82, 2.24) is 19.8 Å². The monoisotopic (exact) mass is 383 g/mol. The number of carbonyl (C=O) groups is 2. The van der Waals surface area contributed by atoms with Crippen LogP contribution in [-0.4, -0.2) is 64.6 Å². The van der Waals surface area contributed by atoms with E-state index in [4.69, 9.17) is 4.74 Å². The molecule has 0 atom stereocenters. The first-order valence-electron chi connectivity index (χ1n) is 9.36. The van der Waals surface area contributed by atoms with Crippen molar-refractivity contribution < 1.29 is 14.3 Å². The third kappa shape index (κ3) is 4.39. The fraction of sp³-hybridized carbons (Fsp3) is 0.400. The Balaban J connectivity index is 1.67. The lowest BCUT2D eigenvalue weighted by molar-refractivity contribution is 0.0566. The van der Waals surface area contributed by atoms with Crippen LogP contribution in [0.2, 0.25) is 0 Å². The maximum atomic E-state index is 12.8. The zero-order chi connectivity index (χ0) is 20.1. The predicted molar refractivity (Wildman–Crippen MR) is 106 cm³/mol. The minimum absolute atomic E-state index is 0.171. The van der Waals surface area contributed by atoms with Crippen LogP contribution in [0.15, 0.2) is 30.6 Å². The number of aryl methyl sites for hydroxylation is 2. The largest absolute Gasteiger partial charge is 0.450 e. The van der Waals surface area contributed by atoms with Crippen LogP contribution in [0.4, 0.5) is 16.3 Å². The number of piperazine rings is 1. The Morgan fingerprint density at radius 3 is 2.36 bits per heavy atom. The van der Waals surface area contributed by atoms with Gasteiger partial charge in [-0.3, -0.25) is 4.79 Å². The second-order valence-corrected chi connectivity index (χ2v) is 6.66. The van der Waals surface area contributed by atoms with Gasteiger partial charge in [0.25, 0.3) is 5.91 Å². The Labute approximate surface area is 164 Å². The van der Waals surface area contributed by atoms with Gasteiger partial charge in [0, 0.05) is 37.9 Å². The minimum Gasteiger partial charge on any atom is -0.450 e. The lowest BCUT2D eigenvalue weighted by Crippen LogP contribution is -2.50. The average Bonchev–Trinajstić information content (AvgIpc) is 2.71. The van der Waals surface area contributed by atoms with E-state index >= 15 is 0 Å². The number of nitrogens with one attached hydrogen (secondary N) is 1. The van der Waals surface area contributed by atoms with E-state index in [2.05, 4.69) is 15.3 Å². The molecule has 1 N–H and O–H groups in total. The van der Waals surface area contributed by atoms with Crippen LogP contribution in [0.1, 0.15) is 28.5 Å². The lowest BCUT2D eigenvalue weighted by Gasteiger charge is -2.33. The summed E-state index contributed by atoms with van der Waals surface area (Å²) in [5.41, 5.74) is 3.50. The van der Waals surface area contributed by atoms with E-state index in [1.807, 2.05) is 32.0 Å². The molecule has 8 nitrogen and oxygen atoms in total. The van der Waals surface area contributed by atoms with Crippen molar-refractivity contribution >= 4 is 23.5 Å². The van der Waals surface area contributed by atoms with E-state index in [9.17, 15) is 9.59 Å². The first kappa shape index (κ1) is 19.6. The summed E-state index contributed by atoms with van der Waals surface area (Å²) in [5.74, 6) is 0.399. The van der Waals surface area contributed by atoms with Crippen molar-refractivity contribution in [1.29, 1.82) is 0 Å². The fourth-order valence-electron chi connectivity index (χ4n) is 3.15. The van der Waals surface area contributed by atoms with Crippen LogP contribution < -0.4 is 5.32 Å². The van der Waals surface area contributed by atoms with Crippen LogP contribution in [-0.2, 0) is 4.74 Å². The van der Waals surface area contributed by atoms with Gasteiger partial charge < -0.3 is 19.9 Å². The molecule has 0 saturated carbocycles. The zero-order valence-corrected chi connectivity index (χ0v) is 16.4. The van der Waals surface area contributed by atoms with Crippen LogP contribution >= 0.6 is 0 Å². The molecule has 1 aliphatic rings. The summed E-state index contributed by atoms with van der Waals surface area (Å²) in [6.07, 6.45) is 1.05. The molecule has 1 fully saturated rings. The number of benzene rings is 1. The Hall–Kier alpha value is -3.16. The number of ether oxygens (including phenoxy) is 1. The first-order chi connectivity index (χ1) is 13.5. The molecule has 8 heteroatoms. The highest BCUT2D eigenvalue weighted by Crippen LogP contribution is 2.23. The molecule has 1 aromatic heterocycles. The Kier molecular flexibility index (Phi) is 6.08. The Morgan fingerprint density at radius 1 is 1.07 bits per heavy atom. The quantitative estimate of drug-likeness (QED) is 0.873. The van der Waals surface area contributed by atoms with E-state index < -0.39 is 0 Å². The Bertz CT molecular complexity index is 842. The van der Waals surface area contributed by atoms with Gasteiger partial charge in [0.1, 0.15) is 17.8 Å². The minimum atomic E-state index is -0.336. The molecule has 0 aliphatic carbocycles. The number of hydrogen-bond acceptors (Lipinski definition) is 6. The standard InChI is InChI=1S/C20H25N5O3/c1-4-28-20(27)25-10-8-24(9-11-25)19(26)16-12-17(22-13-21-16)23-18-14(2)6-5-7-15(18)3/h5-7,12-13H,4,8-11H2,1-3H3,(H,21,22,23). The van der Waals surface area contributed by atoms with E-state index in [1.54, 1.807) is 22.8 Å². The van der Waals surface area contributed by atoms with Gasteiger partial charge in [0.15, 0.2) is 0 Å². The SMILES string of the molecule is CCOC(=O)N1CCN(C(=O)c2cc(Nc3c(C)cccc3C)ncn2)CC1. The number of nitrogens with zero attached hydrogens (tertiary/aromatic N) is 4. The van der Waals surface area contributed by atoms with Crippen LogP contribution in [0, 0.1) is 13.8 Å². The molecule has 1 aromatic carbocycles. The van der Waals surface area contributed by atoms with Crippen LogP contribution in [0.5, 0.6) is 0 Å². The van der Waals surface area contributed by atoms with E-state index in [1.165, 1.54) is 6.33 Å². The number of para-hydroxylation sites is 1. The molecule has 0 radical (unpaired) electrons. The second-order valence-electron chi connectivity index (χ2n) is 6.66. The summed E-state index contributed by atoms with van der Waals surface area (Å²) < 4.78 is 5.01. The number of amides is 2. The predicted octanol–water partition coefficient (Wildman–Crippen LogP) is 2.75. The molecule has 0 spiro atoms. The number of carbonyl (C=O) groups excluding carboxylic acids is 2. The van der Waals surface area contributed by atoms with Crippen molar-refractivity contribution in [3.8, 4) is 0 Å². The molecule has 1 aliphatic heterocycles. The molecule has 2 heterocycles. The van der Waals surface area contributed by atoms with Crippen molar-refractivity contribution in [3.05, 3.63) is 47.4 Å². The van der Waals surface area contributed by atoms with Crippen molar-refractivity contribution in [2.75, 3.05) is 38.1 Å². The molecule has 3 rings (SSSR count). The van der Waals surface area contributed by atoms with E-state index in [-0.39, 0.29) is 12.0 Å². The third-order valence-corrected chi connectivity index (χ3v) is 4.71. The van der Waals surface area contributed by atoms with Crippen molar-refractivity contribution in [3.63, 3.8) is 0 Å². The van der Waals surface area contributed by atoms with Crippen LogP contribution in [0.25, 0.3) is 0 Å². The molecule has 148 valence electrons. The van der Waals surface area contributed by atoms with Gasteiger partial charge in [-0.2, -0.15) is 0 Å². The van der Waals surface area contributed by atoms with Crippen molar-refractivity contribution in [2.45, 2.75) is 20.8 Å². The van der Waals surface area contributed by atoms with Gasteiger partial charge in [-0.25, -0.2) is 14.8 Å². The summed E-state index contributed by atoms with van der Waals surface area (Å²) in [4.78, 5) is 36.3. The summed E-state index contributed by atoms with van der Waals surface area (Å²) in [5, 5.41) is 3.28. The molecule has 2 amide bonds. The topological polar surface area (TPSA) is 87.7 Å². The third-order valence-electron chi connectivity index (χ3n) is 4.71. The number of anilines is 2. The normalized spacial score (nSPS) is 14.0. The summed E-state index contributed by atoms with van der Waals surface area (Å²) >= 11 is 0. The number of aromatic nitrogens is 2. The highest BCUT2D eigenvalue weighted by Gasteiger charge is 2.26. The van der Waals surface area contributed by atoms with Gasteiger partial charge in [-0.05, 0) is 31.9 Å².